The monoisotopic (exact) mass is 358 g/mol. The number of nitrogens with zero attached hydrogens (tertiary/aromatic N) is 1. The highest BCUT2D eigenvalue weighted by Gasteiger charge is 2.35. The Morgan fingerprint density at radius 2 is 1.92 bits per heavy atom. The summed E-state index contributed by atoms with van der Waals surface area (Å²) in [5.41, 5.74) is 0.597. The molecule has 0 radical (unpaired) electrons. The van der Waals surface area contributed by atoms with Crippen molar-refractivity contribution in [3.63, 3.8) is 0 Å². The fourth-order valence-corrected chi connectivity index (χ4v) is 2.69. The second-order valence-electron chi connectivity index (χ2n) is 6.04. The van der Waals surface area contributed by atoms with Gasteiger partial charge in [-0.1, -0.05) is 25.5 Å². The number of hydrogen-bond acceptors (Lipinski definition) is 4. The van der Waals surface area contributed by atoms with Gasteiger partial charge in [0.05, 0.1) is 11.1 Å². The minimum Gasteiger partial charge on any atom is -0.480 e. The van der Waals surface area contributed by atoms with E-state index in [4.69, 9.17) is 0 Å². The average molecular weight is 358 g/mol. The van der Waals surface area contributed by atoms with Crippen LogP contribution < -0.4 is 5.32 Å². The Morgan fingerprint density at radius 3 is 2.54 bits per heavy atom. The summed E-state index contributed by atoms with van der Waals surface area (Å²) in [7, 11) is 0. The predicted octanol–water partition coefficient (Wildman–Crippen LogP) is 2.23. The zero-order valence-electron chi connectivity index (χ0n) is 14.8. The maximum Gasteiger partial charge on any atom is 0.326 e. The van der Waals surface area contributed by atoms with Gasteiger partial charge in [-0.15, -0.1) is 0 Å². The largest absolute Gasteiger partial charge is 0.480 e. The van der Waals surface area contributed by atoms with E-state index >= 15 is 0 Å². The van der Waals surface area contributed by atoms with Crippen molar-refractivity contribution in [2.45, 2.75) is 39.2 Å². The molecule has 1 heterocycles. The topological polar surface area (TPSA) is 104 Å². The first-order chi connectivity index (χ1) is 12.4. The van der Waals surface area contributed by atoms with Gasteiger partial charge in [0, 0.05) is 12.1 Å². The number of benzene rings is 1. The van der Waals surface area contributed by atoms with E-state index in [0.29, 0.717) is 13.0 Å². The number of unbranched alkanes of at least 4 members (excludes halogenated alkanes) is 1. The van der Waals surface area contributed by atoms with Crippen LogP contribution in [0.25, 0.3) is 0 Å². The van der Waals surface area contributed by atoms with Gasteiger partial charge in [0.2, 0.25) is 0 Å². The highest BCUT2D eigenvalue weighted by molar-refractivity contribution is 6.22. The van der Waals surface area contributed by atoms with Crippen molar-refractivity contribution in [1.82, 2.24) is 10.2 Å². The van der Waals surface area contributed by atoms with Crippen LogP contribution in [0, 0.1) is 0 Å². The van der Waals surface area contributed by atoms with Gasteiger partial charge in [0.1, 0.15) is 6.04 Å². The minimum atomic E-state index is -1.14. The maximum absolute atomic E-state index is 12.4. The van der Waals surface area contributed by atoms with Gasteiger partial charge in [-0.3, -0.25) is 19.3 Å². The molecule has 1 aliphatic rings. The number of hydrogen-bond donors (Lipinski definition) is 2. The zero-order chi connectivity index (χ0) is 19.3. The molecule has 7 heteroatoms. The van der Waals surface area contributed by atoms with Crippen molar-refractivity contribution in [3.05, 3.63) is 47.0 Å². The molecule has 138 valence electrons. The van der Waals surface area contributed by atoms with E-state index in [2.05, 4.69) is 5.32 Å². The molecule has 2 rings (SSSR count). The van der Waals surface area contributed by atoms with Crippen LogP contribution in [-0.4, -0.2) is 46.3 Å². The van der Waals surface area contributed by atoms with Crippen LogP contribution in [0.1, 0.15) is 64.2 Å². The molecule has 1 atom stereocenters. The molecule has 0 spiro atoms. The lowest BCUT2D eigenvalue weighted by atomic mass is 10.0. The van der Waals surface area contributed by atoms with Crippen LogP contribution in [-0.2, 0) is 4.79 Å². The summed E-state index contributed by atoms with van der Waals surface area (Å²) < 4.78 is 0. The molecule has 1 aromatic rings. The van der Waals surface area contributed by atoms with Crippen molar-refractivity contribution >= 4 is 23.7 Å². The molecule has 2 N–H and O–H groups in total. The van der Waals surface area contributed by atoms with Gasteiger partial charge in [-0.25, -0.2) is 4.79 Å². The van der Waals surface area contributed by atoms with E-state index in [9.17, 15) is 24.3 Å². The number of rotatable bonds is 8. The number of fused-ring (bicyclic) bond motifs is 1. The van der Waals surface area contributed by atoms with Crippen molar-refractivity contribution in [2.75, 3.05) is 6.54 Å². The molecule has 0 fully saturated rings. The molecule has 0 saturated heterocycles. The summed E-state index contributed by atoms with van der Waals surface area (Å²) in [5.74, 6) is -2.52. The third-order valence-electron chi connectivity index (χ3n) is 4.18. The summed E-state index contributed by atoms with van der Waals surface area (Å²) in [4.78, 5) is 49.5. The smallest absolute Gasteiger partial charge is 0.326 e. The van der Waals surface area contributed by atoms with Crippen LogP contribution in [0.5, 0.6) is 0 Å². The average Bonchev–Trinajstić information content (AvgIpc) is 2.86. The molecule has 1 aliphatic heterocycles. The Hall–Kier alpha value is -2.96. The van der Waals surface area contributed by atoms with E-state index < -0.39 is 23.8 Å². The molecule has 1 aromatic carbocycles. The van der Waals surface area contributed by atoms with E-state index in [1.165, 1.54) is 23.1 Å². The van der Waals surface area contributed by atoms with Crippen LogP contribution in [0.4, 0.5) is 0 Å². The lowest BCUT2D eigenvalue weighted by Gasteiger charge is -2.13. The minimum absolute atomic E-state index is 0.147. The summed E-state index contributed by atoms with van der Waals surface area (Å²) in [5, 5.41) is 11.6. The van der Waals surface area contributed by atoms with E-state index in [1.807, 2.05) is 6.92 Å². The van der Waals surface area contributed by atoms with Gasteiger partial charge in [0.25, 0.3) is 17.7 Å². The number of imide groups is 1. The summed E-state index contributed by atoms with van der Waals surface area (Å²) >= 11 is 0. The molecule has 0 aliphatic carbocycles. The van der Waals surface area contributed by atoms with Crippen LogP contribution in [0.2, 0.25) is 0 Å². The maximum atomic E-state index is 12.4. The first kappa shape index (κ1) is 19.4. The number of carbonyl (C=O) groups is 4. The van der Waals surface area contributed by atoms with Crippen LogP contribution in [0.3, 0.4) is 0 Å². The first-order valence-electron chi connectivity index (χ1n) is 8.55. The lowest BCUT2D eigenvalue weighted by Crippen LogP contribution is -2.40. The molecule has 0 bridgehead atoms. The lowest BCUT2D eigenvalue weighted by molar-refractivity contribution is -0.139. The Balaban J connectivity index is 2.20. The number of carbonyl (C=O) groups excluding carboxylic acids is 3. The van der Waals surface area contributed by atoms with Crippen molar-refractivity contribution in [1.29, 1.82) is 0 Å². The van der Waals surface area contributed by atoms with Gasteiger partial charge < -0.3 is 10.4 Å². The molecule has 0 aromatic heterocycles. The van der Waals surface area contributed by atoms with Gasteiger partial charge in [0.15, 0.2) is 0 Å². The number of nitrogens with one attached hydrogen (secondary N) is 1. The SMILES string of the molecule is C/C=C/CC(NC(=O)c1ccc2c(c1)C(=O)N(CCCC)C2=O)C(=O)O. The molecule has 0 saturated carbocycles. The summed E-state index contributed by atoms with van der Waals surface area (Å²) in [6.45, 7) is 4.07. The number of carboxylic acids is 1. The first-order valence-corrected chi connectivity index (χ1v) is 8.55. The third kappa shape index (κ3) is 3.99. The highest BCUT2D eigenvalue weighted by atomic mass is 16.4. The molecule has 1 unspecified atom stereocenters. The number of allylic oxidation sites excluding steroid dienone is 1. The Labute approximate surface area is 151 Å². The third-order valence-corrected chi connectivity index (χ3v) is 4.18. The molecule has 3 amide bonds. The standard InChI is InChI=1S/C19H22N2O5/c1-3-5-7-15(19(25)26)20-16(22)12-8-9-13-14(11-12)18(24)21(17(13)23)10-6-4-2/h3,5,8-9,11,15H,4,6-7,10H2,1-2H3,(H,20,22)(H,25,26)/b5-3+. The van der Waals surface area contributed by atoms with E-state index in [1.54, 1.807) is 19.1 Å². The number of aliphatic carboxylic acids is 1. The van der Waals surface area contributed by atoms with Gasteiger partial charge in [-0.05, 0) is 38.0 Å². The number of carboxylic acid groups (broad SMARTS) is 1. The molecular formula is C19H22N2O5. The molecule has 7 nitrogen and oxygen atoms in total. The van der Waals surface area contributed by atoms with Crippen molar-refractivity contribution in [2.24, 2.45) is 0 Å². The van der Waals surface area contributed by atoms with Gasteiger partial charge >= 0.3 is 5.97 Å². The normalized spacial score (nSPS) is 14.6. The molecular weight excluding hydrogens is 336 g/mol. The fraction of sp³-hybridized carbons (Fsp3) is 0.368. The predicted molar refractivity (Wildman–Crippen MR) is 95.0 cm³/mol. The quantitative estimate of drug-likeness (QED) is 0.548. The highest BCUT2D eigenvalue weighted by Crippen LogP contribution is 2.24. The second-order valence-corrected chi connectivity index (χ2v) is 6.04. The molecule has 26 heavy (non-hydrogen) atoms. The Morgan fingerprint density at radius 1 is 1.23 bits per heavy atom. The van der Waals surface area contributed by atoms with E-state index in [-0.39, 0.29) is 29.0 Å². The Kier molecular flexibility index (Phi) is 6.27. The van der Waals surface area contributed by atoms with Gasteiger partial charge in [-0.2, -0.15) is 0 Å². The summed E-state index contributed by atoms with van der Waals surface area (Å²) in [6.07, 6.45) is 5.07. The Bertz CT molecular complexity index is 769. The van der Waals surface area contributed by atoms with Crippen LogP contribution in [0.15, 0.2) is 30.4 Å². The van der Waals surface area contributed by atoms with Crippen molar-refractivity contribution < 1.29 is 24.3 Å². The van der Waals surface area contributed by atoms with Crippen molar-refractivity contribution in [3.8, 4) is 0 Å². The number of amides is 3. The van der Waals surface area contributed by atoms with Crippen LogP contribution >= 0.6 is 0 Å². The summed E-state index contributed by atoms with van der Waals surface area (Å²) in [6, 6.07) is 3.16. The fourth-order valence-electron chi connectivity index (χ4n) is 2.69. The van der Waals surface area contributed by atoms with E-state index in [0.717, 1.165) is 6.42 Å². The second kappa shape index (κ2) is 8.42. The zero-order valence-corrected chi connectivity index (χ0v) is 14.8.